The summed E-state index contributed by atoms with van der Waals surface area (Å²) < 4.78 is 7.13. The van der Waals surface area contributed by atoms with E-state index in [2.05, 4.69) is 0 Å². The second-order valence-corrected chi connectivity index (χ2v) is 6.53. The summed E-state index contributed by atoms with van der Waals surface area (Å²) in [4.78, 5) is 52.2. The minimum Gasteiger partial charge on any atom is -0.450 e. The van der Waals surface area contributed by atoms with Crippen molar-refractivity contribution in [3.05, 3.63) is 32.6 Å². The Morgan fingerprint density at radius 3 is 2.37 bits per heavy atom. The normalized spacial score (nSPS) is 16.7. The van der Waals surface area contributed by atoms with Crippen molar-refractivity contribution in [2.75, 3.05) is 32.8 Å². The Kier molecular flexibility index (Phi) is 5.30. The van der Waals surface area contributed by atoms with Gasteiger partial charge in [-0.2, -0.15) is 5.26 Å². The molecule has 27 heavy (non-hydrogen) atoms. The second-order valence-electron chi connectivity index (χ2n) is 6.53. The Labute approximate surface area is 155 Å². The van der Waals surface area contributed by atoms with Crippen molar-refractivity contribution in [1.82, 2.24) is 18.9 Å². The smallest absolute Gasteiger partial charge is 0.409 e. The molecule has 3 rings (SSSR count). The lowest BCUT2D eigenvalue weighted by molar-refractivity contribution is -0.133. The summed E-state index contributed by atoms with van der Waals surface area (Å²) in [6.07, 6.45) is 2.48. The van der Waals surface area contributed by atoms with Gasteiger partial charge in [-0.3, -0.25) is 14.2 Å². The number of aromatic nitrogens is 2. The zero-order valence-corrected chi connectivity index (χ0v) is 15.1. The van der Waals surface area contributed by atoms with Crippen molar-refractivity contribution in [1.29, 1.82) is 5.26 Å². The van der Waals surface area contributed by atoms with Crippen LogP contribution >= 0.6 is 0 Å². The number of nitrogens with zero attached hydrogens (tertiary/aromatic N) is 5. The summed E-state index contributed by atoms with van der Waals surface area (Å²) in [6, 6.07) is 1.78. The third kappa shape index (κ3) is 3.86. The quantitative estimate of drug-likeness (QED) is 0.701. The molecule has 2 amide bonds. The van der Waals surface area contributed by atoms with Gasteiger partial charge in [0.1, 0.15) is 18.2 Å². The van der Waals surface area contributed by atoms with Gasteiger partial charge >= 0.3 is 11.8 Å². The standard InChI is InChI=1S/C17H21N5O5/c1-2-27-17(26)20-7-5-19(6-8-20)14(23)11-22-15(24)12(9-18)10-21(16(22)25)13-3-4-13/h10,13H,2-8,11H2,1H3. The Morgan fingerprint density at radius 2 is 1.81 bits per heavy atom. The molecule has 144 valence electrons. The molecule has 0 N–H and O–H groups in total. The van der Waals surface area contributed by atoms with Gasteiger partial charge in [0.05, 0.1) is 6.61 Å². The van der Waals surface area contributed by atoms with Gasteiger partial charge in [-0.15, -0.1) is 0 Å². The average Bonchev–Trinajstić information content (AvgIpc) is 3.50. The molecule has 2 heterocycles. The van der Waals surface area contributed by atoms with Crippen LogP contribution < -0.4 is 11.2 Å². The highest BCUT2D eigenvalue weighted by molar-refractivity contribution is 5.76. The predicted molar refractivity (Wildman–Crippen MR) is 93.1 cm³/mol. The van der Waals surface area contributed by atoms with E-state index in [9.17, 15) is 19.2 Å². The van der Waals surface area contributed by atoms with E-state index in [1.165, 1.54) is 20.6 Å². The molecular weight excluding hydrogens is 354 g/mol. The summed E-state index contributed by atoms with van der Waals surface area (Å²) in [7, 11) is 0. The monoisotopic (exact) mass is 375 g/mol. The molecule has 10 heteroatoms. The van der Waals surface area contributed by atoms with E-state index in [-0.39, 0.29) is 18.2 Å². The van der Waals surface area contributed by atoms with Gasteiger partial charge in [0.15, 0.2) is 0 Å². The zero-order chi connectivity index (χ0) is 19.6. The van der Waals surface area contributed by atoms with Gasteiger partial charge in [0.25, 0.3) is 5.56 Å². The van der Waals surface area contributed by atoms with Crippen LogP contribution in [0, 0.1) is 11.3 Å². The van der Waals surface area contributed by atoms with E-state index < -0.39 is 29.8 Å². The number of amides is 2. The molecule has 1 aliphatic carbocycles. The van der Waals surface area contributed by atoms with Crippen LogP contribution in [0.2, 0.25) is 0 Å². The first-order valence-corrected chi connectivity index (χ1v) is 8.91. The number of carbonyl (C=O) groups excluding carboxylic acids is 2. The Morgan fingerprint density at radius 1 is 1.19 bits per heavy atom. The molecule has 1 aromatic rings. The Balaban J connectivity index is 1.73. The van der Waals surface area contributed by atoms with Crippen LogP contribution in [0.1, 0.15) is 31.4 Å². The highest BCUT2D eigenvalue weighted by Gasteiger charge is 2.29. The van der Waals surface area contributed by atoms with Crippen LogP contribution in [-0.4, -0.2) is 63.7 Å². The highest BCUT2D eigenvalue weighted by Crippen LogP contribution is 2.33. The maximum atomic E-state index is 12.6. The fourth-order valence-corrected chi connectivity index (χ4v) is 3.04. The average molecular weight is 375 g/mol. The largest absolute Gasteiger partial charge is 0.450 e. The molecule has 1 saturated heterocycles. The number of rotatable bonds is 4. The van der Waals surface area contributed by atoms with Crippen LogP contribution in [0.4, 0.5) is 4.79 Å². The third-order valence-corrected chi connectivity index (χ3v) is 4.71. The molecule has 0 atom stereocenters. The first-order valence-electron chi connectivity index (χ1n) is 8.91. The van der Waals surface area contributed by atoms with Gasteiger partial charge in [-0.05, 0) is 19.8 Å². The first kappa shape index (κ1) is 18.7. The minimum atomic E-state index is -0.752. The molecule has 0 unspecified atom stereocenters. The lowest BCUT2D eigenvalue weighted by Gasteiger charge is -2.34. The number of piperazine rings is 1. The summed E-state index contributed by atoms with van der Waals surface area (Å²) in [5.74, 6) is -0.393. The van der Waals surface area contributed by atoms with E-state index in [1.54, 1.807) is 13.0 Å². The van der Waals surface area contributed by atoms with E-state index >= 15 is 0 Å². The molecule has 0 spiro atoms. The van der Waals surface area contributed by atoms with Crippen LogP contribution in [0.25, 0.3) is 0 Å². The minimum absolute atomic E-state index is 0.0142. The van der Waals surface area contributed by atoms with Crippen molar-refractivity contribution in [2.24, 2.45) is 0 Å². The molecule has 0 aromatic carbocycles. The number of ether oxygens (including phenoxy) is 1. The summed E-state index contributed by atoms with van der Waals surface area (Å²) >= 11 is 0. The Hall–Kier alpha value is -3.09. The van der Waals surface area contributed by atoms with Gasteiger partial charge in [-0.1, -0.05) is 0 Å². The van der Waals surface area contributed by atoms with Crippen molar-refractivity contribution < 1.29 is 14.3 Å². The van der Waals surface area contributed by atoms with E-state index in [0.29, 0.717) is 26.2 Å². The molecule has 1 aliphatic heterocycles. The van der Waals surface area contributed by atoms with Crippen molar-refractivity contribution in [3.8, 4) is 6.07 Å². The summed E-state index contributed by atoms with van der Waals surface area (Å²) in [6.45, 7) is 2.82. The molecule has 1 saturated carbocycles. The topological polar surface area (TPSA) is 118 Å². The molecule has 2 aliphatic rings. The van der Waals surface area contributed by atoms with Crippen LogP contribution in [0.5, 0.6) is 0 Å². The van der Waals surface area contributed by atoms with Gasteiger partial charge < -0.3 is 14.5 Å². The number of nitriles is 1. The lowest BCUT2D eigenvalue weighted by atomic mass is 10.3. The van der Waals surface area contributed by atoms with Crippen molar-refractivity contribution in [3.63, 3.8) is 0 Å². The summed E-state index contributed by atoms with van der Waals surface area (Å²) in [5.41, 5.74) is -1.47. The zero-order valence-electron chi connectivity index (χ0n) is 15.1. The van der Waals surface area contributed by atoms with Crippen molar-refractivity contribution >= 4 is 12.0 Å². The number of hydrogen-bond acceptors (Lipinski definition) is 6. The van der Waals surface area contributed by atoms with Crippen LogP contribution in [0.3, 0.4) is 0 Å². The summed E-state index contributed by atoms with van der Waals surface area (Å²) in [5, 5.41) is 9.14. The van der Waals surface area contributed by atoms with E-state index in [4.69, 9.17) is 10.00 Å². The highest BCUT2D eigenvalue weighted by atomic mass is 16.6. The molecular formula is C17H21N5O5. The van der Waals surface area contributed by atoms with Crippen LogP contribution in [-0.2, 0) is 16.1 Å². The molecule has 2 fully saturated rings. The van der Waals surface area contributed by atoms with Gasteiger partial charge in [0.2, 0.25) is 5.91 Å². The Bertz CT molecular complexity index is 900. The molecule has 1 aromatic heterocycles. The fourth-order valence-electron chi connectivity index (χ4n) is 3.04. The second kappa shape index (κ2) is 7.65. The number of carbonyl (C=O) groups is 2. The van der Waals surface area contributed by atoms with Gasteiger partial charge in [0, 0.05) is 38.4 Å². The predicted octanol–water partition coefficient (Wildman–Crippen LogP) is -0.483. The SMILES string of the molecule is CCOC(=O)N1CCN(C(=O)Cn2c(=O)c(C#N)cn(C3CC3)c2=O)CC1. The molecule has 0 radical (unpaired) electrons. The van der Waals surface area contributed by atoms with E-state index in [1.807, 2.05) is 0 Å². The maximum Gasteiger partial charge on any atom is 0.409 e. The van der Waals surface area contributed by atoms with Gasteiger partial charge in [-0.25, -0.2) is 14.2 Å². The third-order valence-electron chi connectivity index (χ3n) is 4.71. The maximum absolute atomic E-state index is 12.6. The van der Waals surface area contributed by atoms with Crippen LogP contribution in [0.15, 0.2) is 15.8 Å². The molecule has 10 nitrogen and oxygen atoms in total. The molecule has 0 bridgehead atoms. The van der Waals surface area contributed by atoms with Crippen molar-refractivity contribution in [2.45, 2.75) is 32.4 Å². The first-order chi connectivity index (χ1) is 13.0. The fraction of sp³-hybridized carbons (Fsp3) is 0.588. The lowest BCUT2D eigenvalue weighted by Crippen LogP contribution is -2.53. The van der Waals surface area contributed by atoms with E-state index in [0.717, 1.165) is 17.4 Å². The number of hydrogen-bond donors (Lipinski definition) is 0.